The first kappa shape index (κ1) is 13.0. The molecule has 0 saturated carbocycles. The van der Waals surface area contributed by atoms with Crippen LogP contribution in [0, 0.1) is 0 Å². The van der Waals surface area contributed by atoms with E-state index < -0.39 is 0 Å². The lowest BCUT2D eigenvalue weighted by Crippen LogP contribution is -2.16. The molecule has 2 aliphatic rings. The molecule has 3 aromatic rings. The number of aromatic amines is 1. The van der Waals surface area contributed by atoms with E-state index in [1.807, 2.05) is 6.07 Å². The van der Waals surface area contributed by atoms with Crippen molar-refractivity contribution in [2.75, 3.05) is 19.9 Å². The van der Waals surface area contributed by atoms with E-state index in [0.717, 1.165) is 37.4 Å². The smallest absolute Gasteiger partial charge is 0.231 e. The first-order chi connectivity index (χ1) is 11.4. The van der Waals surface area contributed by atoms with Crippen LogP contribution in [0.4, 0.5) is 0 Å². The minimum atomic E-state index is 0.314. The largest absolute Gasteiger partial charge is 0.454 e. The molecule has 3 heterocycles. The predicted molar refractivity (Wildman–Crippen MR) is 90.1 cm³/mol. The van der Waals surface area contributed by atoms with Gasteiger partial charge in [0.15, 0.2) is 11.5 Å². The van der Waals surface area contributed by atoms with Crippen molar-refractivity contribution in [1.29, 1.82) is 0 Å². The zero-order valence-corrected chi connectivity index (χ0v) is 12.8. The average molecular weight is 306 g/mol. The fourth-order valence-corrected chi connectivity index (χ4v) is 3.72. The second-order valence-electron chi connectivity index (χ2n) is 6.13. The van der Waals surface area contributed by atoms with Crippen LogP contribution < -0.4 is 14.8 Å². The Labute approximate surface area is 134 Å². The highest BCUT2D eigenvalue weighted by molar-refractivity contribution is 5.99. The van der Waals surface area contributed by atoms with Crippen molar-refractivity contribution in [2.45, 2.75) is 12.8 Å². The average Bonchev–Trinajstić information content (AvgIpc) is 3.12. The summed E-state index contributed by atoms with van der Waals surface area (Å²) in [6.07, 6.45) is 2.13. The number of fused-ring (bicyclic) bond motifs is 4. The monoisotopic (exact) mass is 306 g/mol. The molecule has 4 heteroatoms. The van der Waals surface area contributed by atoms with E-state index in [-0.39, 0.29) is 0 Å². The lowest BCUT2D eigenvalue weighted by Gasteiger charge is -2.08. The first-order valence-electron chi connectivity index (χ1n) is 8.13. The number of hydrogen-bond donors (Lipinski definition) is 2. The van der Waals surface area contributed by atoms with Crippen molar-refractivity contribution in [3.8, 4) is 22.6 Å². The van der Waals surface area contributed by atoms with E-state index >= 15 is 0 Å². The molecule has 2 aliphatic heterocycles. The van der Waals surface area contributed by atoms with Gasteiger partial charge in [-0.05, 0) is 47.9 Å². The molecule has 1 aromatic heterocycles. The highest BCUT2D eigenvalue weighted by Gasteiger charge is 2.19. The molecule has 5 rings (SSSR count). The SMILES string of the molecule is c1cc(-c2ccc3c(c2)OCO3)c2c3c([nH]c2c1)CCNCC3. The van der Waals surface area contributed by atoms with Gasteiger partial charge in [0.1, 0.15) is 0 Å². The van der Waals surface area contributed by atoms with Gasteiger partial charge in [0.25, 0.3) is 0 Å². The molecule has 2 N–H and O–H groups in total. The highest BCUT2D eigenvalue weighted by atomic mass is 16.7. The van der Waals surface area contributed by atoms with Crippen LogP contribution in [0.5, 0.6) is 11.5 Å². The quantitative estimate of drug-likeness (QED) is 0.725. The first-order valence-corrected chi connectivity index (χ1v) is 8.13. The summed E-state index contributed by atoms with van der Waals surface area (Å²) in [6.45, 7) is 2.39. The van der Waals surface area contributed by atoms with Gasteiger partial charge in [-0.1, -0.05) is 18.2 Å². The Hall–Kier alpha value is -2.46. The molecular weight excluding hydrogens is 288 g/mol. The maximum Gasteiger partial charge on any atom is 0.231 e. The van der Waals surface area contributed by atoms with Gasteiger partial charge in [-0.2, -0.15) is 0 Å². The van der Waals surface area contributed by atoms with Crippen LogP contribution in [0.15, 0.2) is 36.4 Å². The topological polar surface area (TPSA) is 46.3 Å². The Morgan fingerprint density at radius 1 is 0.913 bits per heavy atom. The van der Waals surface area contributed by atoms with Crippen LogP contribution in [-0.4, -0.2) is 24.9 Å². The summed E-state index contributed by atoms with van der Waals surface area (Å²) in [4.78, 5) is 3.62. The van der Waals surface area contributed by atoms with Crippen molar-refractivity contribution >= 4 is 10.9 Å². The Morgan fingerprint density at radius 3 is 2.83 bits per heavy atom. The minimum Gasteiger partial charge on any atom is -0.454 e. The minimum absolute atomic E-state index is 0.314. The molecule has 0 radical (unpaired) electrons. The standard InChI is InChI=1S/C19H18N2O2/c1-2-13(12-4-5-17-18(10-12)23-11-22-17)19-14-6-8-20-9-7-15(14)21-16(19)3-1/h1-5,10,20-21H,6-9,11H2. The number of aromatic nitrogens is 1. The number of hydrogen-bond acceptors (Lipinski definition) is 3. The summed E-state index contributed by atoms with van der Waals surface area (Å²) in [6, 6.07) is 12.7. The van der Waals surface area contributed by atoms with E-state index in [0.29, 0.717) is 6.79 Å². The maximum absolute atomic E-state index is 5.55. The van der Waals surface area contributed by atoms with Gasteiger partial charge in [-0.3, -0.25) is 0 Å². The van der Waals surface area contributed by atoms with Gasteiger partial charge in [0, 0.05) is 29.6 Å². The van der Waals surface area contributed by atoms with E-state index in [2.05, 4.69) is 40.6 Å². The molecule has 0 atom stereocenters. The van der Waals surface area contributed by atoms with E-state index in [1.54, 1.807) is 0 Å². The van der Waals surface area contributed by atoms with Gasteiger partial charge < -0.3 is 19.8 Å². The zero-order chi connectivity index (χ0) is 15.2. The van der Waals surface area contributed by atoms with E-state index in [1.165, 1.54) is 33.3 Å². The van der Waals surface area contributed by atoms with Crippen molar-refractivity contribution in [3.63, 3.8) is 0 Å². The third-order valence-corrected chi connectivity index (χ3v) is 4.80. The molecule has 23 heavy (non-hydrogen) atoms. The van der Waals surface area contributed by atoms with Crippen molar-refractivity contribution in [1.82, 2.24) is 10.3 Å². The van der Waals surface area contributed by atoms with Gasteiger partial charge in [-0.25, -0.2) is 0 Å². The highest BCUT2D eigenvalue weighted by Crippen LogP contribution is 2.39. The number of nitrogens with one attached hydrogen (secondary N) is 2. The lowest BCUT2D eigenvalue weighted by molar-refractivity contribution is 0.174. The van der Waals surface area contributed by atoms with E-state index in [4.69, 9.17) is 9.47 Å². The molecule has 0 saturated heterocycles. The summed E-state index contributed by atoms with van der Waals surface area (Å²) in [5.41, 5.74) is 6.50. The van der Waals surface area contributed by atoms with E-state index in [9.17, 15) is 0 Å². The van der Waals surface area contributed by atoms with Gasteiger partial charge in [0.2, 0.25) is 6.79 Å². The molecule has 0 amide bonds. The fourth-order valence-electron chi connectivity index (χ4n) is 3.72. The Kier molecular flexibility index (Phi) is 2.85. The second-order valence-corrected chi connectivity index (χ2v) is 6.13. The fraction of sp³-hybridized carbons (Fsp3) is 0.263. The van der Waals surface area contributed by atoms with Gasteiger partial charge in [0.05, 0.1) is 0 Å². The van der Waals surface area contributed by atoms with Crippen molar-refractivity contribution < 1.29 is 9.47 Å². The molecule has 116 valence electrons. The molecule has 0 spiro atoms. The molecule has 0 fully saturated rings. The summed E-state index contributed by atoms with van der Waals surface area (Å²) in [5.74, 6) is 1.67. The van der Waals surface area contributed by atoms with Crippen LogP contribution >= 0.6 is 0 Å². The van der Waals surface area contributed by atoms with Crippen LogP contribution in [0.2, 0.25) is 0 Å². The second kappa shape index (κ2) is 5.03. The van der Waals surface area contributed by atoms with Crippen LogP contribution in [0.3, 0.4) is 0 Å². The van der Waals surface area contributed by atoms with Crippen LogP contribution in [0.1, 0.15) is 11.3 Å². The lowest BCUT2D eigenvalue weighted by atomic mass is 9.96. The summed E-state index contributed by atoms with van der Waals surface area (Å²) in [7, 11) is 0. The number of H-pyrrole nitrogens is 1. The number of benzene rings is 2. The Balaban J connectivity index is 1.73. The van der Waals surface area contributed by atoms with Crippen molar-refractivity contribution in [3.05, 3.63) is 47.7 Å². The normalized spacial score (nSPS) is 16.3. The van der Waals surface area contributed by atoms with Crippen LogP contribution in [0.25, 0.3) is 22.0 Å². The predicted octanol–water partition coefficient (Wildman–Crippen LogP) is 3.25. The molecule has 0 bridgehead atoms. The number of rotatable bonds is 1. The maximum atomic E-state index is 5.55. The molecular formula is C19H18N2O2. The third kappa shape index (κ3) is 2.02. The molecule has 4 nitrogen and oxygen atoms in total. The molecule has 0 aliphatic carbocycles. The molecule has 0 unspecified atom stereocenters. The van der Waals surface area contributed by atoms with Crippen LogP contribution in [-0.2, 0) is 12.8 Å². The summed E-state index contributed by atoms with van der Waals surface area (Å²) in [5, 5.41) is 4.83. The van der Waals surface area contributed by atoms with Gasteiger partial charge in [-0.15, -0.1) is 0 Å². The zero-order valence-electron chi connectivity index (χ0n) is 12.8. The Morgan fingerprint density at radius 2 is 1.83 bits per heavy atom. The summed E-state index contributed by atoms with van der Waals surface area (Å²) >= 11 is 0. The molecule has 2 aromatic carbocycles. The van der Waals surface area contributed by atoms with Gasteiger partial charge >= 0.3 is 0 Å². The summed E-state index contributed by atoms with van der Waals surface area (Å²) < 4.78 is 11.0. The number of ether oxygens (including phenoxy) is 2. The Bertz CT molecular complexity index is 898. The van der Waals surface area contributed by atoms with Crippen molar-refractivity contribution in [2.24, 2.45) is 0 Å². The third-order valence-electron chi connectivity index (χ3n) is 4.80.